The fourth-order valence-corrected chi connectivity index (χ4v) is 4.92. The summed E-state index contributed by atoms with van der Waals surface area (Å²) >= 11 is 14.1. The van der Waals surface area contributed by atoms with Gasteiger partial charge < -0.3 is 19.9 Å². The molecule has 1 unspecified atom stereocenters. The van der Waals surface area contributed by atoms with Gasteiger partial charge in [-0.1, -0.05) is 36.2 Å². The second-order valence-corrected chi connectivity index (χ2v) is 10.0. The highest BCUT2D eigenvalue weighted by Gasteiger charge is 2.35. The summed E-state index contributed by atoms with van der Waals surface area (Å²) in [6.45, 7) is 8.37. The summed E-state index contributed by atoms with van der Waals surface area (Å²) in [6, 6.07) is 4.56. The van der Waals surface area contributed by atoms with Gasteiger partial charge in [0.25, 0.3) is 0 Å². The zero-order valence-electron chi connectivity index (χ0n) is 20.9. The van der Waals surface area contributed by atoms with Gasteiger partial charge in [-0.3, -0.25) is 14.7 Å². The van der Waals surface area contributed by atoms with Gasteiger partial charge in [0, 0.05) is 58.9 Å². The Labute approximate surface area is 230 Å². The third kappa shape index (κ3) is 7.99. The van der Waals surface area contributed by atoms with Crippen LogP contribution in [0.15, 0.2) is 46.0 Å². The number of thiazole rings is 1. The predicted molar refractivity (Wildman–Crippen MR) is 144 cm³/mol. The van der Waals surface area contributed by atoms with Crippen LogP contribution in [0.25, 0.3) is 0 Å². The third-order valence-electron chi connectivity index (χ3n) is 5.52. The lowest BCUT2D eigenvalue weighted by Crippen LogP contribution is -2.45. The summed E-state index contributed by atoms with van der Waals surface area (Å²) < 4.78 is 11.1. The Morgan fingerprint density at radius 2 is 2.08 bits per heavy atom. The zero-order chi connectivity index (χ0) is 26.9. The Morgan fingerprint density at radius 1 is 1.32 bits per heavy atom. The van der Waals surface area contributed by atoms with E-state index in [1.165, 1.54) is 11.3 Å². The molecule has 0 bridgehead atoms. The number of carboxylic acid groups (broad SMARTS) is 1. The number of amidine groups is 1. The third-order valence-corrected chi connectivity index (χ3v) is 6.86. The van der Waals surface area contributed by atoms with Crippen molar-refractivity contribution in [3.63, 3.8) is 0 Å². The highest BCUT2D eigenvalue weighted by molar-refractivity contribution is 7.11. The first-order chi connectivity index (χ1) is 17.7. The van der Waals surface area contributed by atoms with Gasteiger partial charge in [-0.2, -0.15) is 0 Å². The van der Waals surface area contributed by atoms with E-state index in [1.807, 2.05) is 12.3 Å². The second kappa shape index (κ2) is 13.9. The molecule has 12 heteroatoms. The van der Waals surface area contributed by atoms with Crippen LogP contribution in [0.3, 0.4) is 0 Å². The lowest BCUT2D eigenvalue weighted by Gasteiger charge is -2.34. The molecule has 1 saturated heterocycles. The average molecular weight is 570 g/mol. The number of rotatable bonds is 7. The van der Waals surface area contributed by atoms with E-state index in [0.717, 1.165) is 23.8 Å². The van der Waals surface area contributed by atoms with E-state index in [-0.39, 0.29) is 19.1 Å². The van der Waals surface area contributed by atoms with Crippen molar-refractivity contribution in [3.8, 4) is 0 Å². The maximum Gasteiger partial charge on any atom is 0.338 e. The number of aliphatic carboxylic acids is 1. The van der Waals surface area contributed by atoms with Gasteiger partial charge in [-0.15, -0.1) is 11.3 Å². The highest BCUT2D eigenvalue weighted by Crippen LogP contribution is 2.37. The highest BCUT2D eigenvalue weighted by atomic mass is 35.5. The van der Waals surface area contributed by atoms with Crippen LogP contribution in [0.4, 0.5) is 0 Å². The molecule has 3 heterocycles. The summed E-state index contributed by atoms with van der Waals surface area (Å²) in [5.41, 5.74) is 1.85. The summed E-state index contributed by atoms with van der Waals surface area (Å²) in [6.07, 6.45) is 2.06. The number of benzene rings is 1. The number of hydrogen-bond donors (Lipinski definition) is 2. The number of carbonyl (C=O) groups excluding carboxylic acids is 1. The Balaban J connectivity index is 0.000000695. The Bertz CT molecular complexity index is 1160. The van der Waals surface area contributed by atoms with Gasteiger partial charge in [0.2, 0.25) is 0 Å². The van der Waals surface area contributed by atoms with E-state index in [1.54, 1.807) is 38.2 Å². The minimum Gasteiger partial charge on any atom is -0.481 e. The van der Waals surface area contributed by atoms with E-state index >= 15 is 0 Å². The fourth-order valence-electron chi connectivity index (χ4n) is 3.82. The topological polar surface area (TPSA) is 113 Å². The minimum absolute atomic E-state index is 0.118. The SMILES string of the molecule is CCC(=O)O.CCOC(=O)C1=C(CN2CCOC(C)C2)NC(c2nccs2)=N[C@H]1c1ccc(Cl)cc1Cl. The van der Waals surface area contributed by atoms with Crippen LogP contribution in [0.1, 0.15) is 43.8 Å². The van der Waals surface area contributed by atoms with Crippen LogP contribution in [0, 0.1) is 0 Å². The molecule has 0 spiro atoms. The lowest BCUT2D eigenvalue weighted by molar-refractivity contribution is -0.139. The van der Waals surface area contributed by atoms with Crippen LogP contribution >= 0.6 is 34.5 Å². The molecular weight excluding hydrogens is 539 g/mol. The number of carbonyl (C=O) groups is 2. The molecule has 4 rings (SSSR count). The first kappa shape index (κ1) is 29.1. The molecule has 9 nitrogen and oxygen atoms in total. The van der Waals surface area contributed by atoms with Gasteiger partial charge >= 0.3 is 11.9 Å². The minimum atomic E-state index is -0.745. The number of morpholine rings is 1. The van der Waals surface area contributed by atoms with Gasteiger partial charge in [0.15, 0.2) is 10.8 Å². The standard InChI is InChI=1S/C22H24Cl2N4O3S.C3H6O2/c1-3-30-22(29)18-17(12-28-7-8-31-13(2)11-28)26-20(21-25-6-9-32-21)27-19(18)15-5-4-14(23)10-16(15)24;1-2-3(4)5/h4-6,9-10,13,19H,3,7-8,11-12H2,1-2H3,(H,26,27);2H2,1H3,(H,4,5)/t13?,19-;/m0./s1. The van der Waals surface area contributed by atoms with E-state index in [0.29, 0.717) is 40.2 Å². The number of esters is 1. The van der Waals surface area contributed by atoms with E-state index in [4.69, 9.17) is 42.8 Å². The van der Waals surface area contributed by atoms with Crippen molar-refractivity contribution in [2.75, 3.05) is 32.8 Å². The molecule has 1 fully saturated rings. The molecule has 200 valence electrons. The number of hydrogen-bond acceptors (Lipinski definition) is 9. The molecule has 37 heavy (non-hydrogen) atoms. The fraction of sp³-hybridized carbons (Fsp3) is 0.440. The van der Waals surface area contributed by atoms with Crippen molar-refractivity contribution in [2.45, 2.75) is 39.3 Å². The van der Waals surface area contributed by atoms with Crippen molar-refractivity contribution in [2.24, 2.45) is 4.99 Å². The Hall–Kier alpha value is -2.50. The zero-order valence-corrected chi connectivity index (χ0v) is 23.2. The molecule has 2 aliphatic heterocycles. The molecular formula is C25H30Cl2N4O5S. The number of aromatic nitrogens is 1. The lowest BCUT2D eigenvalue weighted by atomic mass is 9.95. The molecule has 2 atom stereocenters. The summed E-state index contributed by atoms with van der Waals surface area (Å²) in [5, 5.41) is 14.7. The molecule has 2 aliphatic rings. The first-order valence-corrected chi connectivity index (χ1v) is 13.5. The van der Waals surface area contributed by atoms with Gasteiger partial charge in [-0.25, -0.2) is 9.78 Å². The molecule has 2 N–H and O–H groups in total. The van der Waals surface area contributed by atoms with Crippen LogP contribution in [-0.4, -0.2) is 71.7 Å². The van der Waals surface area contributed by atoms with Gasteiger partial charge in [0.05, 0.1) is 24.9 Å². The maximum atomic E-state index is 13.2. The Morgan fingerprint density at radius 3 is 2.68 bits per heavy atom. The van der Waals surface area contributed by atoms with E-state index in [9.17, 15) is 9.59 Å². The molecule has 2 aromatic rings. The first-order valence-electron chi connectivity index (χ1n) is 11.9. The average Bonchev–Trinajstić information content (AvgIpc) is 3.39. The Kier molecular flexibility index (Phi) is 10.9. The van der Waals surface area contributed by atoms with Crippen molar-refractivity contribution >= 4 is 52.3 Å². The summed E-state index contributed by atoms with van der Waals surface area (Å²) in [7, 11) is 0. The van der Waals surface area contributed by atoms with E-state index < -0.39 is 18.0 Å². The number of ether oxygens (including phenoxy) is 2. The smallest absolute Gasteiger partial charge is 0.338 e. The normalized spacial score (nSPS) is 19.9. The summed E-state index contributed by atoms with van der Waals surface area (Å²) in [5.74, 6) is -0.570. The number of aliphatic imine (C=N–C) groups is 1. The van der Waals surface area contributed by atoms with Crippen molar-refractivity contribution < 1.29 is 24.2 Å². The monoisotopic (exact) mass is 568 g/mol. The second-order valence-electron chi connectivity index (χ2n) is 8.28. The van der Waals surface area contributed by atoms with Crippen LogP contribution in [-0.2, 0) is 19.1 Å². The van der Waals surface area contributed by atoms with Crippen LogP contribution < -0.4 is 5.32 Å². The summed E-state index contributed by atoms with van der Waals surface area (Å²) in [4.78, 5) is 34.0. The van der Waals surface area contributed by atoms with Gasteiger partial charge in [-0.05, 0) is 26.0 Å². The number of nitrogens with one attached hydrogen (secondary N) is 1. The number of halogens is 2. The molecule has 1 aromatic heterocycles. The van der Waals surface area contributed by atoms with E-state index in [2.05, 4.69) is 15.2 Å². The quantitative estimate of drug-likeness (QED) is 0.467. The molecule has 0 radical (unpaired) electrons. The molecule has 0 amide bonds. The molecule has 1 aromatic carbocycles. The van der Waals surface area contributed by atoms with Crippen molar-refractivity contribution in [1.82, 2.24) is 15.2 Å². The van der Waals surface area contributed by atoms with Crippen molar-refractivity contribution in [1.29, 1.82) is 0 Å². The number of carboxylic acids is 1. The van der Waals surface area contributed by atoms with Crippen LogP contribution in [0.2, 0.25) is 10.0 Å². The van der Waals surface area contributed by atoms with Gasteiger partial charge in [0.1, 0.15) is 6.04 Å². The van der Waals surface area contributed by atoms with Crippen molar-refractivity contribution in [3.05, 3.63) is 61.7 Å². The van der Waals surface area contributed by atoms with Crippen LogP contribution in [0.5, 0.6) is 0 Å². The predicted octanol–water partition coefficient (Wildman–Crippen LogP) is 4.56. The molecule has 0 aliphatic carbocycles. The maximum absolute atomic E-state index is 13.2. The number of nitrogens with zero attached hydrogens (tertiary/aromatic N) is 3. The molecule has 0 saturated carbocycles. The largest absolute Gasteiger partial charge is 0.481 e.